The molecule has 5 nitrogen and oxygen atoms in total. The van der Waals surface area contributed by atoms with Gasteiger partial charge in [0.15, 0.2) is 0 Å². The fourth-order valence-corrected chi connectivity index (χ4v) is 3.71. The first-order valence-electron chi connectivity index (χ1n) is 8.13. The summed E-state index contributed by atoms with van der Waals surface area (Å²) in [5, 5.41) is 8.12. The van der Waals surface area contributed by atoms with Crippen LogP contribution < -0.4 is 5.32 Å². The summed E-state index contributed by atoms with van der Waals surface area (Å²) in [6, 6.07) is 0.903. The first-order valence-corrected chi connectivity index (χ1v) is 8.13. The third-order valence-electron chi connectivity index (χ3n) is 4.52. The molecule has 1 aromatic rings. The Hall–Kier alpha value is -0.910. The largest absolute Gasteiger partial charge is 0.375 e. The van der Waals surface area contributed by atoms with Crippen LogP contribution in [0.25, 0.3) is 0 Å². The highest BCUT2D eigenvalue weighted by Gasteiger charge is 2.32. The van der Waals surface area contributed by atoms with E-state index in [1.165, 1.54) is 12.0 Å². The summed E-state index contributed by atoms with van der Waals surface area (Å²) in [5.41, 5.74) is 1.18. The third kappa shape index (κ3) is 3.65. The van der Waals surface area contributed by atoms with E-state index in [0.29, 0.717) is 24.3 Å². The molecule has 0 saturated carbocycles. The molecule has 0 aromatic carbocycles. The second kappa shape index (κ2) is 6.46. The fourth-order valence-electron chi connectivity index (χ4n) is 3.71. The molecular formula is C16H27N3O2. The molecule has 0 spiro atoms. The molecule has 3 heterocycles. The lowest BCUT2D eigenvalue weighted by Crippen LogP contribution is -2.49. The van der Waals surface area contributed by atoms with Crippen molar-refractivity contribution in [2.24, 2.45) is 7.05 Å². The van der Waals surface area contributed by atoms with E-state index in [0.717, 1.165) is 25.9 Å². The number of ether oxygens (including phenoxy) is 2. The van der Waals surface area contributed by atoms with Gasteiger partial charge in [-0.15, -0.1) is 0 Å². The number of hydrogen-bond donors (Lipinski definition) is 1. The van der Waals surface area contributed by atoms with E-state index in [4.69, 9.17) is 9.47 Å². The van der Waals surface area contributed by atoms with Gasteiger partial charge in [0.25, 0.3) is 0 Å². The molecule has 0 aliphatic carbocycles. The Bertz CT molecular complexity index is 452. The first-order chi connectivity index (χ1) is 10.1. The van der Waals surface area contributed by atoms with Crippen molar-refractivity contribution >= 4 is 0 Å². The van der Waals surface area contributed by atoms with Crippen LogP contribution in [-0.4, -0.2) is 40.7 Å². The zero-order valence-electron chi connectivity index (χ0n) is 13.3. The van der Waals surface area contributed by atoms with Crippen LogP contribution in [-0.2, 0) is 16.5 Å². The number of aryl methyl sites for hydroxylation is 1. The standard InChI is InChI=1S/C16H27N3O2/c1-11-7-14(8-12(2)21-11)18-15-5-4-6-20-16(15)13-9-17-19(3)10-13/h9-12,14-16,18H,4-8H2,1-3H3/t11-,12-,15-,16+/m0/s1. The lowest BCUT2D eigenvalue weighted by atomic mass is 9.93. The Labute approximate surface area is 127 Å². The van der Waals surface area contributed by atoms with E-state index in [1.54, 1.807) is 0 Å². The van der Waals surface area contributed by atoms with Crippen molar-refractivity contribution < 1.29 is 9.47 Å². The minimum absolute atomic E-state index is 0.126. The van der Waals surface area contributed by atoms with Crippen LogP contribution in [0.1, 0.15) is 51.2 Å². The zero-order valence-corrected chi connectivity index (χ0v) is 13.3. The molecule has 0 bridgehead atoms. The molecule has 5 heteroatoms. The van der Waals surface area contributed by atoms with Gasteiger partial charge in [-0.25, -0.2) is 0 Å². The number of aromatic nitrogens is 2. The molecule has 21 heavy (non-hydrogen) atoms. The predicted octanol–water partition coefficient (Wildman–Crippen LogP) is 2.19. The smallest absolute Gasteiger partial charge is 0.101 e. The molecule has 1 N–H and O–H groups in total. The minimum Gasteiger partial charge on any atom is -0.375 e. The quantitative estimate of drug-likeness (QED) is 0.928. The summed E-state index contributed by atoms with van der Waals surface area (Å²) in [7, 11) is 1.95. The molecule has 2 aliphatic rings. The summed E-state index contributed by atoms with van der Waals surface area (Å²) >= 11 is 0. The van der Waals surface area contributed by atoms with Crippen molar-refractivity contribution in [2.45, 2.75) is 69.9 Å². The molecule has 0 radical (unpaired) electrons. The molecular weight excluding hydrogens is 266 g/mol. The van der Waals surface area contributed by atoms with Crippen molar-refractivity contribution in [3.63, 3.8) is 0 Å². The van der Waals surface area contributed by atoms with Crippen LogP contribution in [0, 0.1) is 0 Å². The molecule has 0 amide bonds. The molecule has 2 saturated heterocycles. The van der Waals surface area contributed by atoms with Gasteiger partial charge in [-0.1, -0.05) is 0 Å². The van der Waals surface area contributed by atoms with E-state index in [9.17, 15) is 0 Å². The van der Waals surface area contributed by atoms with Crippen LogP contribution in [0.2, 0.25) is 0 Å². The van der Waals surface area contributed by atoms with Gasteiger partial charge < -0.3 is 14.8 Å². The molecule has 1 aromatic heterocycles. The van der Waals surface area contributed by atoms with Gasteiger partial charge in [0.2, 0.25) is 0 Å². The zero-order chi connectivity index (χ0) is 14.8. The Morgan fingerprint density at radius 3 is 2.71 bits per heavy atom. The second-order valence-electron chi connectivity index (χ2n) is 6.58. The van der Waals surface area contributed by atoms with E-state index in [-0.39, 0.29) is 6.10 Å². The molecule has 0 unspecified atom stereocenters. The summed E-state index contributed by atoms with van der Waals surface area (Å²) in [6.07, 6.45) is 9.27. The van der Waals surface area contributed by atoms with E-state index >= 15 is 0 Å². The average Bonchev–Trinajstić information content (AvgIpc) is 2.85. The molecule has 4 atom stereocenters. The average molecular weight is 293 g/mol. The molecule has 2 fully saturated rings. The highest BCUT2D eigenvalue weighted by Crippen LogP contribution is 2.30. The lowest BCUT2D eigenvalue weighted by molar-refractivity contribution is -0.0565. The number of nitrogens with zero attached hydrogens (tertiary/aromatic N) is 2. The fraction of sp³-hybridized carbons (Fsp3) is 0.812. The Balaban J connectivity index is 1.67. The molecule has 2 aliphatic heterocycles. The van der Waals surface area contributed by atoms with E-state index in [2.05, 4.69) is 30.5 Å². The Morgan fingerprint density at radius 2 is 2.05 bits per heavy atom. The normalized spacial score (nSPS) is 37.6. The van der Waals surface area contributed by atoms with Gasteiger partial charge >= 0.3 is 0 Å². The summed E-state index contributed by atoms with van der Waals surface area (Å²) < 4.78 is 13.7. The van der Waals surface area contributed by atoms with Gasteiger partial charge in [0.1, 0.15) is 6.10 Å². The van der Waals surface area contributed by atoms with Crippen molar-refractivity contribution in [3.05, 3.63) is 18.0 Å². The van der Waals surface area contributed by atoms with Crippen LogP contribution in [0.4, 0.5) is 0 Å². The third-order valence-corrected chi connectivity index (χ3v) is 4.52. The summed E-state index contributed by atoms with van der Waals surface area (Å²) in [6.45, 7) is 5.18. The van der Waals surface area contributed by atoms with E-state index < -0.39 is 0 Å². The van der Waals surface area contributed by atoms with Gasteiger partial charge in [0.05, 0.1) is 18.4 Å². The van der Waals surface area contributed by atoms with Crippen molar-refractivity contribution in [1.29, 1.82) is 0 Å². The number of hydrogen-bond acceptors (Lipinski definition) is 4. The lowest BCUT2D eigenvalue weighted by Gasteiger charge is -2.39. The van der Waals surface area contributed by atoms with Crippen LogP contribution in [0.3, 0.4) is 0 Å². The maximum Gasteiger partial charge on any atom is 0.101 e. The van der Waals surface area contributed by atoms with Gasteiger partial charge in [-0.3, -0.25) is 4.68 Å². The monoisotopic (exact) mass is 293 g/mol. The molecule has 3 rings (SSSR count). The Kier molecular flexibility index (Phi) is 4.62. The summed E-state index contributed by atoms with van der Waals surface area (Å²) in [5.74, 6) is 0. The second-order valence-corrected chi connectivity index (χ2v) is 6.58. The van der Waals surface area contributed by atoms with E-state index in [1.807, 2.05) is 17.9 Å². The number of nitrogens with one attached hydrogen (secondary N) is 1. The van der Waals surface area contributed by atoms with Crippen molar-refractivity contribution in [2.75, 3.05) is 6.61 Å². The Morgan fingerprint density at radius 1 is 1.29 bits per heavy atom. The minimum atomic E-state index is 0.126. The van der Waals surface area contributed by atoms with Gasteiger partial charge in [-0.2, -0.15) is 5.10 Å². The highest BCUT2D eigenvalue weighted by atomic mass is 16.5. The van der Waals surface area contributed by atoms with Gasteiger partial charge in [-0.05, 0) is 39.5 Å². The van der Waals surface area contributed by atoms with Crippen LogP contribution in [0.15, 0.2) is 12.4 Å². The summed E-state index contributed by atoms with van der Waals surface area (Å²) in [4.78, 5) is 0. The van der Waals surface area contributed by atoms with Crippen molar-refractivity contribution in [3.8, 4) is 0 Å². The van der Waals surface area contributed by atoms with Crippen molar-refractivity contribution in [1.82, 2.24) is 15.1 Å². The highest BCUT2D eigenvalue weighted by molar-refractivity contribution is 5.12. The SMILES string of the molecule is C[C@H]1CC(N[C@H]2CCCO[C@@H]2c2cnn(C)c2)C[C@H](C)O1. The maximum atomic E-state index is 6.04. The maximum absolute atomic E-state index is 6.04. The molecule has 118 valence electrons. The predicted molar refractivity (Wildman–Crippen MR) is 81.1 cm³/mol. The van der Waals surface area contributed by atoms with Gasteiger partial charge in [0, 0.05) is 37.5 Å². The van der Waals surface area contributed by atoms with Crippen LogP contribution in [0.5, 0.6) is 0 Å². The number of rotatable bonds is 3. The first kappa shape index (κ1) is 15.0. The topological polar surface area (TPSA) is 48.3 Å². The van der Waals surface area contributed by atoms with Crippen LogP contribution >= 0.6 is 0 Å².